The van der Waals surface area contributed by atoms with E-state index in [-0.39, 0.29) is 11.8 Å². The number of piperidine rings is 1. The highest BCUT2D eigenvalue weighted by Crippen LogP contribution is 2.14. The van der Waals surface area contributed by atoms with Gasteiger partial charge in [0.15, 0.2) is 5.78 Å². The third-order valence-corrected chi connectivity index (χ3v) is 3.12. The van der Waals surface area contributed by atoms with Crippen molar-refractivity contribution >= 4 is 17.1 Å². The molecule has 2 heterocycles. The van der Waals surface area contributed by atoms with Gasteiger partial charge in [-0.3, -0.25) is 4.79 Å². The van der Waals surface area contributed by atoms with E-state index in [1.54, 1.807) is 11.3 Å². The van der Waals surface area contributed by atoms with E-state index in [0.29, 0.717) is 0 Å². The van der Waals surface area contributed by atoms with Crippen molar-refractivity contribution in [2.24, 2.45) is 0 Å². The fourth-order valence-electron chi connectivity index (χ4n) is 1.68. The summed E-state index contributed by atoms with van der Waals surface area (Å²) in [5, 5.41) is 7.15. The lowest BCUT2D eigenvalue weighted by atomic mass is 9.98. The minimum absolute atomic E-state index is 0.0725. The Morgan fingerprint density at radius 3 is 3.08 bits per heavy atom. The van der Waals surface area contributed by atoms with Crippen LogP contribution in [0.5, 0.6) is 0 Å². The summed E-state index contributed by atoms with van der Waals surface area (Å²) in [6, 6.07) is 1.98. The molecule has 0 aromatic carbocycles. The first-order valence-electron chi connectivity index (χ1n) is 4.68. The fourth-order valence-corrected chi connectivity index (χ4v) is 2.33. The van der Waals surface area contributed by atoms with Crippen LogP contribution in [0.2, 0.25) is 0 Å². The van der Waals surface area contributed by atoms with Crippen molar-refractivity contribution in [3.63, 3.8) is 0 Å². The summed E-state index contributed by atoms with van der Waals surface area (Å²) in [6.45, 7) is 0.987. The monoisotopic (exact) mass is 195 g/mol. The van der Waals surface area contributed by atoms with Crippen LogP contribution in [-0.2, 0) is 0 Å². The molecule has 0 spiro atoms. The third-order valence-electron chi connectivity index (χ3n) is 2.43. The number of Topliss-reactive ketones (excluding diaryl/α,β-unsaturated/α-hetero) is 1. The number of rotatable bonds is 2. The van der Waals surface area contributed by atoms with E-state index < -0.39 is 0 Å². The maximum atomic E-state index is 11.8. The van der Waals surface area contributed by atoms with E-state index in [1.165, 1.54) is 12.8 Å². The largest absolute Gasteiger partial charge is 0.307 e. The van der Waals surface area contributed by atoms with Crippen molar-refractivity contribution in [3.8, 4) is 0 Å². The maximum absolute atomic E-state index is 11.8. The zero-order chi connectivity index (χ0) is 9.10. The topological polar surface area (TPSA) is 29.1 Å². The number of carbonyl (C=O) groups is 1. The molecule has 1 aromatic rings. The van der Waals surface area contributed by atoms with Gasteiger partial charge in [-0.2, -0.15) is 11.3 Å². The van der Waals surface area contributed by atoms with E-state index in [1.807, 2.05) is 16.8 Å². The zero-order valence-corrected chi connectivity index (χ0v) is 8.27. The molecular formula is C10H13NOS. The summed E-state index contributed by atoms with van der Waals surface area (Å²) < 4.78 is 0. The van der Waals surface area contributed by atoms with Crippen molar-refractivity contribution in [3.05, 3.63) is 22.4 Å². The Balaban J connectivity index is 2.04. The molecule has 1 fully saturated rings. The first-order chi connectivity index (χ1) is 6.38. The molecule has 1 aromatic heterocycles. The van der Waals surface area contributed by atoms with Gasteiger partial charge in [0.05, 0.1) is 6.04 Å². The fraction of sp³-hybridized carbons (Fsp3) is 0.500. The number of hydrogen-bond acceptors (Lipinski definition) is 3. The number of thiophene rings is 1. The summed E-state index contributed by atoms with van der Waals surface area (Å²) in [5.41, 5.74) is 0.865. The second kappa shape index (κ2) is 4.03. The van der Waals surface area contributed by atoms with Gasteiger partial charge in [-0.25, -0.2) is 0 Å². The van der Waals surface area contributed by atoms with Gasteiger partial charge in [0.1, 0.15) is 0 Å². The van der Waals surface area contributed by atoms with Gasteiger partial charge in [0, 0.05) is 10.9 Å². The van der Waals surface area contributed by atoms with Crippen molar-refractivity contribution in [2.45, 2.75) is 25.3 Å². The summed E-state index contributed by atoms with van der Waals surface area (Å²) >= 11 is 1.58. The van der Waals surface area contributed by atoms with Crippen LogP contribution in [0, 0.1) is 0 Å². The molecule has 1 aliphatic heterocycles. The van der Waals surface area contributed by atoms with Gasteiger partial charge < -0.3 is 5.32 Å². The molecule has 0 saturated carbocycles. The Kier molecular flexibility index (Phi) is 2.76. The molecule has 0 amide bonds. The zero-order valence-electron chi connectivity index (χ0n) is 7.45. The predicted octanol–water partition coefficient (Wildman–Crippen LogP) is 2.07. The lowest BCUT2D eigenvalue weighted by Crippen LogP contribution is -2.40. The van der Waals surface area contributed by atoms with Gasteiger partial charge in [-0.05, 0) is 30.8 Å². The van der Waals surface area contributed by atoms with Gasteiger partial charge in [0.2, 0.25) is 0 Å². The Hall–Kier alpha value is -0.670. The van der Waals surface area contributed by atoms with Crippen LogP contribution in [-0.4, -0.2) is 18.4 Å². The molecule has 0 bridgehead atoms. The molecular weight excluding hydrogens is 182 g/mol. The van der Waals surface area contributed by atoms with Crippen LogP contribution in [0.1, 0.15) is 29.6 Å². The van der Waals surface area contributed by atoms with E-state index in [2.05, 4.69) is 5.32 Å². The quantitative estimate of drug-likeness (QED) is 0.732. The van der Waals surface area contributed by atoms with Crippen LogP contribution in [0.15, 0.2) is 16.8 Å². The Morgan fingerprint density at radius 2 is 2.46 bits per heavy atom. The van der Waals surface area contributed by atoms with Crippen molar-refractivity contribution in [1.29, 1.82) is 0 Å². The highest BCUT2D eigenvalue weighted by molar-refractivity contribution is 7.08. The molecule has 1 N–H and O–H groups in total. The van der Waals surface area contributed by atoms with Crippen molar-refractivity contribution < 1.29 is 4.79 Å². The average molecular weight is 195 g/mol. The molecule has 1 unspecified atom stereocenters. The number of carbonyl (C=O) groups excluding carboxylic acids is 1. The highest BCUT2D eigenvalue weighted by atomic mass is 32.1. The van der Waals surface area contributed by atoms with Crippen LogP contribution < -0.4 is 5.32 Å². The molecule has 1 aliphatic rings. The smallest absolute Gasteiger partial charge is 0.180 e. The van der Waals surface area contributed by atoms with Crippen molar-refractivity contribution in [1.82, 2.24) is 5.32 Å². The summed E-state index contributed by atoms with van der Waals surface area (Å²) in [4.78, 5) is 11.8. The normalized spacial score (nSPS) is 22.9. The van der Waals surface area contributed by atoms with Crippen LogP contribution >= 0.6 is 11.3 Å². The van der Waals surface area contributed by atoms with Gasteiger partial charge >= 0.3 is 0 Å². The maximum Gasteiger partial charge on any atom is 0.180 e. The number of nitrogens with one attached hydrogen (secondary N) is 1. The second-order valence-corrected chi connectivity index (χ2v) is 4.16. The van der Waals surface area contributed by atoms with Crippen LogP contribution in [0.3, 0.4) is 0 Å². The molecule has 70 valence electrons. The molecule has 0 radical (unpaired) electrons. The Labute approximate surface area is 82.0 Å². The second-order valence-electron chi connectivity index (χ2n) is 3.38. The first kappa shape index (κ1) is 8.91. The molecule has 0 aliphatic carbocycles. The first-order valence-corrected chi connectivity index (χ1v) is 5.62. The minimum Gasteiger partial charge on any atom is -0.307 e. The molecule has 1 saturated heterocycles. The van der Waals surface area contributed by atoms with Crippen LogP contribution in [0.4, 0.5) is 0 Å². The Morgan fingerprint density at radius 1 is 1.54 bits per heavy atom. The van der Waals surface area contributed by atoms with Crippen LogP contribution in [0.25, 0.3) is 0 Å². The summed E-state index contributed by atoms with van der Waals surface area (Å²) in [6.07, 6.45) is 3.37. The average Bonchev–Trinajstić information content (AvgIpc) is 2.71. The Bertz CT molecular complexity index is 275. The minimum atomic E-state index is 0.0725. The standard InChI is InChI=1S/C10H13NOS/c12-10(8-4-6-13-7-8)9-3-1-2-5-11-9/h4,6-7,9,11H,1-3,5H2. The summed E-state index contributed by atoms with van der Waals surface area (Å²) in [7, 11) is 0. The van der Waals surface area contributed by atoms with E-state index in [0.717, 1.165) is 18.5 Å². The van der Waals surface area contributed by atoms with Crippen molar-refractivity contribution in [2.75, 3.05) is 6.54 Å². The number of hydrogen-bond donors (Lipinski definition) is 1. The van der Waals surface area contributed by atoms with E-state index >= 15 is 0 Å². The molecule has 1 atom stereocenters. The molecule has 2 nitrogen and oxygen atoms in total. The summed E-state index contributed by atoms with van der Waals surface area (Å²) in [5.74, 6) is 0.265. The predicted molar refractivity (Wildman–Crippen MR) is 54.3 cm³/mol. The number of ketones is 1. The molecule has 2 rings (SSSR count). The molecule has 3 heteroatoms. The molecule has 13 heavy (non-hydrogen) atoms. The SMILES string of the molecule is O=C(c1ccsc1)C1CCCCN1. The van der Waals surface area contributed by atoms with Gasteiger partial charge in [-0.1, -0.05) is 6.42 Å². The van der Waals surface area contributed by atoms with E-state index in [4.69, 9.17) is 0 Å². The highest BCUT2D eigenvalue weighted by Gasteiger charge is 2.21. The lowest BCUT2D eigenvalue weighted by molar-refractivity contribution is 0.0927. The van der Waals surface area contributed by atoms with E-state index in [9.17, 15) is 4.79 Å². The lowest BCUT2D eigenvalue weighted by Gasteiger charge is -2.21. The van der Waals surface area contributed by atoms with Gasteiger partial charge in [-0.15, -0.1) is 0 Å². The third kappa shape index (κ3) is 1.98. The van der Waals surface area contributed by atoms with Gasteiger partial charge in [0.25, 0.3) is 0 Å².